The van der Waals surface area contributed by atoms with Gasteiger partial charge in [-0.1, -0.05) is 37.3 Å². The molecule has 3 aromatic carbocycles. The van der Waals surface area contributed by atoms with E-state index in [1.807, 2.05) is 71.0 Å². The molecule has 0 aliphatic carbocycles. The Morgan fingerprint density at radius 3 is 2.15 bits per heavy atom. The van der Waals surface area contributed by atoms with E-state index in [1.165, 1.54) is 12.1 Å². The van der Waals surface area contributed by atoms with E-state index in [4.69, 9.17) is 4.74 Å². The smallest absolute Gasteiger partial charge is 0.265 e. The minimum Gasteiger partial charge on any atom is -0.480 e. The molecular weight excluding hydrogens is 436 g/mol. The van der Waals surface area contributed by atoms with E-state index < -0.39 is 16.1 Å². The van der Waals surface area contributed by atoms with Crippen LogP contribution in [0, 0.1) is 27.7 Å². The van der Waals surface area contributed by atoms with Gasteiger partial charge in [-0.05, 0) is 86.7 Å². The van der Waals surface area contributed by atoms with Crippen LogP contribution < -0.4 is 14.8 Å². The van der Waals surface area contributed by atoms with Crippen molar-refractivity contribution in [2.75, 3.05) is 10.0 Å². The third-order valence-corrected chi connectivity index (χ3v) is 6.79. The quantitative estimate of drug-likeness (QED) is 0.458. The van der Waals surface area contributed by atoms with Crippen LogP contribution in [0.15, 0.2) is 65.6 Å². The number of amides is 1. The second-order valence-corrected chi connectivity index (χ2v) is 9.85. The predicted octanol–water partition coefficient (Wildman–Crippen LogP) is 5.52. The number of anilines is 2. The summed E-state index contributed by atoms with van der Waals surface area (Å²) in [5.41, 5.74) is 4.77. The fourth-order valence-corrected chi connectivity index (χ4v) is 4.62. The van der Waals surface area contributed by atoms with Crippen molar-refractivity contribution in [1.82, 2.24) is 0 Å². The highest BCUT2D eigenvalue weighted by Gasteiger charge is 2.21. The van der Waals surface area contributed by atoms with Crippen molar-refractivity contribution < 1.29 is 17.9 Å². The van der Waals surface area contributed by atoms with Crippen molar-refractivity contribution >= 4 is 27.3 Å². The standard InChI is InChI=1S/C26H30N2O4S/c1-6-23(32-24-16-17(2)10-11-18(24)3)26(29)27-21-12-14-22(15-13-21)33(30,31)28-25-19(4)8-7-9-20(25)5/h7-16,23,28H,6H2,1-5H3,(H,27,29). The number of aryl methyl sites for hydroxylation is 4. The fourth-order valence-electron chi connectivity index (χ4n) is 3.42. The summed E-state index contributed by atoms with van der Waals surface area (Å²) in [6.07, 6.45) is -0.176. The second-order valence-electron chi connectivity index (χ2n) is 8.17. The monoisotopic (exact) mass is 466 g/mol. The number of nitrogens with one attached hydrogen (secondary N) is 2. The number of ether oxygens (including phenoxy) is 1. The average molecular weight is 467 g/mol. The van der Waals surface area contributed by atoms with Gasteiger partial charge in [0.15, 0.2) is 6.10 Å². The summed E-state index contributed by atoms with van der Waals surface area (Å²) < 4.78 is 34.3. The highest BCUT2D eigenvalue weighted by Crippen LogP contribution is 2.25. The first-order chi connectivity index (χ1) is 15.6. The van der Waals surface area contributed by atoms with Gasteiger partial charge in [0.05, 0.1) is 10.6 Å². The van der Waals surface area contributed by atoms with Crippen LogP contribution in [0.1, 0.15) is 35.6 Å². The Balaban J connectivity index is 1.71. The summed E-state index contributed by atoms with van der Waals surface area (Å²) in [6, 6.07) is 17.5. The number of hydrogen-bond acceptors (Lipinski definition) is 4. The van der Waals surface area contributed by atoms with Gasteiger partial charge < -0.3 is 10.1 Å². The van der Waals surface area contributed by atoms with Gasteiger partial charge >= 0.3 is 0 Å². The number of rotatable bonds is 8. The Morgan fingerprint density at radius 2 is 1.55 bits per heavy atom. The molecule has 0 spiro atoms. The van der Waals surface area contributed by atoms with Gasteiger partial charge in [-0.2, -0.15) is 0 Å². The third kappa shape index (κ3) is 5.93. The molecule has 0 saturated heterocycles. The van der Waals surface area contributed by atoms with Crippen LogP contribution in [-0.4, -0.2) is 20.4 Å². The maximum atomic E-state index is 12.8. The van der Waals surface area contributed by atoms with E-state index >= 15 is 0 Å². The van der Waals surface area contributed by atoms with Crippen LogP contribution in [0.2, 0.25) is 0 Å². The van der Waals surface area contributed by atoms with Crippen molar-refractivity contribution in [2.45, 2.75) is 52.0 Å². The fraction of sp³-hybridized carbons (Fsp3) is 0.269. The average Bonchev–Trinajstić information content (AvgIpc) is 2.77. The number of benzene rings is 3. The third-order valence-electron chi connectivity index (χ3n) is 5.43. The van der Waals surface area contributed by atoms with Crippen molar-refractivity contribution in [3.63, 3.8) is 0 Å². The number of sulfonamides is 1. The molecular formula is C26H30N2O4S. The lowest BCUT2D eigenvalue weighted by molar-refractivity contribution is -0.122. The molecule has 0 heterocycles. The maximum Gasteiger partial charge on any atom is 0.265 e. The number of carbonyl (C=O) groups is 1. The highest BCUT2D eigenvalue weighted by atomic mass is 32.2. The number of hydrogen-bond donors (Lipinski definition) is 2. The van der Waals surface area contributed by atoms with E-state index in [0.717, 1.165) is 22.3 Å². The molecule has 6 nitrogen and oxygen atoms in total. The van der Waals surface area contributed by atoms with Crippen LogP contribution in [0.3, 0.4) is 0 Å². The van der Waals surface area contributed by atoms with Crippen LogP contribution >= 0.6 is 0 Å². The molecule has 1 unspecified atom stereocenters. The van der Waals surface area contributed by atoms with E-state index in [-0.39, 0.29) is 10.8 Å². The van der Waals surface area contributed by atoms with E-state index in [9.17, 15) is 13.2 Å². The lowest BCUT2D eigenvalue weighted by atomic mass is 10.1. The van der Waals surface area contributed by atoms with Crippen LogP contribution in [0.25, 0.3) is 0 Å². The van der Waals surface area contributed by atoms with Crippen LogP contribution in [-0.2, 0) is 14.8 Å². The zero-order valence-electron chi connectivity index (χ0n) is 19.6. The summed E-state index contributed by atoms with van der Waals surface area (Å²) in [5, 5.41) is 2.81. The minimum atomic E-state index is -3.76. The molecule has 174 valence electrons. The van der Waals surface area contributed by atoms with Gasteiger partial charge in [0, 0.05) is 5.69 Å². The number of para-hydroxylation sites is 1. The second kappa shape index (κ2) is 10.1. The zero-order valence-corrected chi connectivity index (χ0v) is 20.4. The van der Waals surface area contributed by atoms with Gasteiger partial charge in [-0.3, -0.25) is 9.52 Å². The minimum absolute atomic E-state index is 0.113. The van der Waals surface area contributed by atoms with E-state index in [0.29, 0.717) is 23.5 Å². The first-order valence-corrected chi connectivity index (χ1v) is 12.3. The highest BCUT2D eigenvalue weighted by molar-refractivity contribution is 7.92. The molecule has 0 fully saturated rings. The van der Waals surface area contributed by atoms with E-state index in [1.54, 1.807) is 12.1 Å². The Hall–Kier alpha value is -3.32. The van der Waals surface area contributed by atoms with Gasteiger partial charge in [0.1, 0.15) is 5.75 Å². The van der Waals surface area contributed by atoms with Crippen molar-refractivity contribution in [3.8, 4) is 5.75 Å². The van der Waals surface area contributed by atoms with Crippen LogP contribution in [0.5, 0.6) is 5.75 Å². The lowest BCUT2D eigenvalue weighted by Gasteiger charge is -2.19. The molecule has 7 heteroatoms. The number of carbonyl (C=O) groups excluding carboxylic acids is 1. The largest absolute Gasteiger partial charge is 0.480 e. The Labute approximate surface area is 196 Å². The lowest BCUT2D eigenvalue weighted by Crippen LogP contribution is -2.32. The van der Waals surface area contributed by atoms with Crippen molar-refractivity contribution in [3.05, 3.63) is 82.9 Å². The van der Waals surface area contributed by atoms with Crippen LogP contribution in [0.4, 0.5) is 11.4 Å². The molecule has 2 N–H and O–H groups in total. The first-order valence-electron chi connectivity index (χ1n) is 10.8. The maximum absolute atomic E-state index is 12.8. The molecule has 33 heavy (non-hydrogen) atoms. The summed E-state index contributed by atoms with van der Waals surface area (Å²) in [7, 11) is -3.76. The molecule has 3 aromatic rings. The van der Waals surface area contributed by atoms with E-state index in [2.05, 4.69) is 10.0 Å². The predicted molar refractivity (Wildman–Crippen MR) is 132 cm³/mol. The summed E-state index contributed by atoms with van der Waals surface area (Å²) in [5.74, 6) is 0.388. The molecule has 3 rings (SSSR count). The molecule has 0 aromatic heterocycles. The zero-order chi connectivity index (χ0) is 24.2. The molecule has 0 radical (unpaired) electrons. The first kappa shape index (κ1) is 24.3. The van der Waals surface area contributed by atoms with Gasteiger partial charge in [0.25, 0.3) is 15.9 Å². The topological polar surface area (TPSA) is 84.5 Å². The Morgan fingerprint density at radius 1 is 0.909 bits per heavy atom. The van der Waals surface area contributed by atoms with Crippen molar-refractivity contribution in [1.29, 1.82) is 0 Å². The Bertz CT molecular complexity index is 1230. The van der Waals surface area contributed by atoms with Gasteiger partial charge in [0.2, 0.25) is 0 Å². The summed E-state index contributed by atoms with van der Waals surface area (Å²) in [6.45, 7) is 9.50. The normalized spacial score (nSPS) is 12.2. The summed E-state index contributed by atoms with van der Waals surface area (Å²) >= 11 is 0. The van der Waals surface area contributed by atoms with Crippen molar-refractivity contribution in [2.24, 2.45) is 0 Å². The molecule has 0 bridgehead atoms. The van der Waals surface area contributed by atoms with Gasteiger partial charge in [-0.15, -0.1) is 0 Å². The molecule has 1 atom stereocenters. The Kier molecular flexibility index (Phi) is 7.43. The molecule has 0 aliphatic rings. The molecule has 0 aliphatic heterocycles. The summed E-state index contributed by atoms with van der Waals surface area (Å²) in [4.78, 5) is 12.9. The molecule has 0 saturated carbocycles. The van der Waals surface area contributed by atoms with Gasteiger partial charge in [-0.25, -0.2) is 8.42 Å². The SMILES string of the molecule is CCC(Oc1cc(C)ccc1C)C(=O)Nc1ccc(S(=O)(=O)Nc2c(C)cccc2C)cc1. The molecule has 1 amide bonds.